The first-order valence-electron chi connectivity index (χ1n) is 21.9. The molecule has 0 radical (unpaired) electrons. The lowest BCUT2D eigenvalue weighted by Gasteiger charge is -2.04. The van der Waals surface area contributed by atoms with Gasteiger partial charge < -0.3 is 15.6 Å². The van der Waals surface area contributed by atoms with E-state index >= 15 is 0 Å². The van der Waals surface area contributed by atoms with Crippen LogP contribution in [-0.2, 0) is 19.3 Å². The Morgan fingerprint density at radius 3 is 1.17 bits per heavy atom. The van der Waals surface area contributed by atoms with E-state index in [1.165, 1.54) is 100 Å². The zero-order valence-electron chi connectivity index (χ0n) is 36.5. The first-order chi connectivity index (χ1) is 28.9. The van der Waals surface area contributed by atoms with Gasteiger partial charge in [0.1, 0.15) is 11.5 Å². The topological polar surface area (TPSA) is 105 Å². The molecule has 8 heteroatoms. The van der Waals surface area contributed by atoms with Crippen LogP contribution >= 0.6 is 24.0 Å². The number of benzene rings is 5. The number of aromatic hydroxyl groups is 1. The Morgan fingerprint density at radius 2 is 0.817 bits per heavy atom. The third-order valence-electron chi connectivity index (χ3n) is 9.65. The van der Waals surface area contributed by atoms with Gasteiger partial charge in [-0.3, -0.25) is 0 Å². The molecule has 0 heterocycles. The Balaban J connectivity index is 0.000000322. The summed E-state index contributed by atoms with van der Waals surface area (Å²) in [5.74, 6) is 1.08. The van der Waals surface area contributed by atoms with Crippen molar-refractivity contribution in [2.24, 2.45) is 20.5 Å². The van der Waals surface area contributed by atoms with Gasteiger partial charge in [0, 0.05) is 5.69 Å². The quantitative estimate of drug-likeness (QED) is 0.0224. The third-order valence-corrected chi connectivity index (χ3v) is 9.65. The molecule has 322 valence electrons. The second-order valence-electron chi connectivity index (χ2n) is 14.8. The SMILES string of the molecule is C=CCCOc1ccc(N=Nc2ccc(CCCCCC)cc2)cc1.CCCCCCc1ccc(N)cc1.CCCCCCc1ccc(N=Nc2ccc(O)cc2)cc1.I. The van der Waals surface area contributed by atoms with Gasteiger partial charge in [0.25, 0.3) is 0 Å². The van der Waals surface area contributed by atoms with E-state index in [0.717, 1.165) is 53.4 Å². The van der Waals surface area contributed by atoms with Crippen LogP contribution in [0.5, 0.6) is 11.5 Å². The molecule has 0 unspecified atom stereocenters. The maximum Gasteiger partial charge on any atom is 0.119 e. The van der Waals surface area contributed by atoms with Gasteiger partial charge >= 0.3 is 0 Å². The molecule has 5 aromatic carbocycles. The number of ether oxygens (including phenoxy) is 1. The number of anilines is 1. The van der Waals surface area contributed by atoms with Crippen LogP contribution in [0, 0.1) is 0 Å². The highest BCUT2D eigenvalue weighted by molar-refractivity contribution is 14.0. The van der Waals surface area contributed by atoms with Crippen LogP contribution < -0.4 is 10.5 Å². The standard InChI is InChI=1S/C22H28N2O.C18H22N2O.C12H19N.HI/c1-3-5-7-8-9-19-10-12-20(13-11-19)23-24-21-14-16-22(17-15-21)25-18-6-4-2;1-2-3-4-5-6-15-7-9-16(10-8-15)19-20-17-11-13-18(21)14-12-17;1-2-3-4-5-6-11-7-9-12(13)10-8-11;/h4,10-17H,2-3,5-9,18H2,1H3;7-14,21H,2-6H2,1H3;7-10H,2-6,13H2,1H3;1H. The fraction of sp³-hybridized carbons (Fsp3) is 0.385. The molecule has 60 heavy (non-hydrogen) atoms. The summed E-state index contributed by atoms with van der Waals surface area (Å²) in [6, 6.07) is 39.2. The fourth-order valence-corrected chi connectivity index (χ4v) is 6.03. The Bertz CT molecular complexity index is 1860. The lowest BCUT2D eigenvalue weighted by Crippen LogP contribution is -1.94. The minimum Gasteiger partial charge on any atom is -0.508 e. The number of azo groups is 2. The maximum absolute atomic E-state index is 9.20. The number of hydrogen-bond acceptors (Lipinski definition) is 7. The molecule has 0 fully saturated rings. The Morgan fingerprint density at radius 1 is 0.483 bits per heavy atom. The minimum atomic E-state index is 0. The van der Waals surface area contributed by atoms with Crippen molar-refractivity contribution in [2.45, 2.75) is 124 Å². The highest BCUT2D eigenvalue weighted by Crippen LogP contribution is 2.23. The van der Waals surface area contributed by atoms with Crippen molar-refractivity contribution in [3.8, 4) is 11.5 Å². The highest BCUT2D eigenvalue weighted by Gasteiger charge is 1.99. The van der Waals surface area contributed by atoms with Gasteiger partial charge in [-0.25, -0.2) is 0 Å². The van der Waals surface area contributed by atoms with Gasteiger partial charge in [-0.15, -0.1) is 30.6 Å². The van der Waals surface area contributed by atoms with E-state index in [1.54, 1.807) is 24.3 Å². The summed E-state index contributed by atoms with van der Waals surface area (Å²) >= 11 is 0. The van der Waals surface area contributed by atoms with E-state index in [9.17, 15) is 5.11 Å². The molecule has 0 aliphatic carbocycles. The van der Waals surface area contributed by atoms with Crippen LogP contribution in [0.1, 0.15) is 121 Å². The number of halogens is 1. The molecule has 0 aliphatic heterocycles. The molecule has 0 saturated heterocycles. The van der Waals surface area contributed by atoms with Crippen molar-refractivity contribution in [3.63, 3.8) is 0 Å². The Labute approximate surface area is 378 Å². The van der Waals surface area contributed by atoms with Crippen molar-refractivity contribution in [1.82, 2.24) is 0 Å². The van der Waals surface area contributed by atoms with E-state index in [1.807, 2.05) is 66.7 Å². The molecular weight excluding hydrogens is 854 g/mol. The summed E-state index contributed by atoms with van der Waals surface area (Å²) in [4.78, 5) is 0. The van der Waals surface area contributed by atoms with Gasteiger partial charge in [0.05, 0.1) is 29.4 Å². The second-order valence-corrected chi connectivity index (χ2v) is 14.8. The van der Waals surface area contributed by atoms with Gasteiger partial charge in [-0.2, -0.15) is 20.5 Å². The molecule has 5 aromatic rings. The first kappa shape index (κ1) is 51.3. The van der Waals surface area contributed by atoms with Crippen LogP contribution in [0.15, 0.2) is 154 Å². The first-order valence-corrected chi connectivity index (χ1v) is 21.9. The van der Waals surface area contributed by atoms with Crippen molar-refractivity contribution >= 4 is 52.4 Å². The van der Waals surface area contributed by atoms with Crippen LogP contribution in [-0.4, -0.2) is 11.7 Å². The number of aryl methyl sites for hydroxylation is 3. The highest BCUT2D eigenvalue weighted by atomic mass is 127. The largest absolute Gasteiger partial charge is 0.508 e. The van der Waals surface area contributed by atoms with Gasteiger partial charge in [0.15, 0.2) is 0 Å². The number of nitrogen functional groups attached to an aromatic ring is 1. The van der Waals surface area contributed by atoms with Gasteiger partial charge in [-0.05, 0) is 147 Å². The van der Waals surface area contributed by atoms with Crippen LogP contribution in [0.2, 0.25) is 0 Å². The van der Waals surface area contributed by atoms with Crippen molar-refractivity contribution in [3.05, 3.63) is 151 Å². The molecule has 3 N–H and O–H groups in total. The summed E-state index contributed by atoms with van der Waals surface area (Å²) in [6.07, 6.45) is 21.8. The van der Waals surface area contributed by atoms with Crippen LogP contribution in [0.25, 0.3) is 0 Å². The fourth-order valence-electron chi connectivity index (χ4n) is 6.03. The average molecular weight is 924 g/mol. The number of phenolic OH excluding ortho intramolecular Hbond substituents is 1. The molecule has 0 amide bonds. The van der Waals surface area contributed by atoms with E-state index < -0.39 is 0 Å². The third kappa shape index (κ3) is 23.7. The number of unbranched alkanes of at least 4 members (excludes halogenated alkanes) is 9. The molecule has 5 rings (SSSR count). The van der Waals surface area contributed by atoms with E-state index in [-0.39, 0.29) is 29.7 Å². The summed E-state index contributed by atoms with van der Waals surface area (Å²) in [5, 5.41) is 26.1. The van der Waals surface area contributed by atoms with Crippen LogP contribution in [0.4, 0.5) is 28.4 Å². The van der Waals surface area contributed by atoms with E-state index in [2.05, 4.69) is 84.2 Å². The molecule has 0 atom stereocenters. The number of phenols is 1. The molecule has 0 aromatic heterocycles. The van der Waals surface area contributed by atoms with Crippen LogP contribution in [0.3, 0.4) is 0 Å². The van der Waals surface area contributed by atoms with E-state index in [0.29, 0.717) is 6.61 Å². The van der Waals surface area contributed by atoms with Crippen molar-refractivity contribution in [1.29, 1.82) is 0 Å². The lowest BCUT2D eigenvalue weighted by molar-refractivity contribution is 0.325. The van der Waals surface area contributed by atoms with E-state index in [4.69, 9.17) is 10.5 Å². The summed E-state index contributed by atoms with van der Waals surface area (Å²) < 4.78 is 5.58. The molecule has 0 aliphatic rings. The normalized spacial score (nSPS) is 10.7. The summed E-state index contributed by atoms with van der Waals surface area (Å²) in [6.45, 7) is 11.0. The monoisotopic (exact) mass is 923 g/mol. The number of nitrogens with two attached hydrogens (primary N) is 1. The lowest BCUT2D eigenvalue weighted by atomic mass is 10.1. The molecule has 0 spiro atoms. The predicted octanol–water partition coefficient (Wildman–Crippen LogP) is 17.1. The molecule has 0 bridgehead atoms. The summed E-state index contributed by atoms with van der Waals surface area (Å²) in [5.41, 5.74) is 13.9. The predicted molar refractivity (Wildman–Crippen MR) is 266 cm³/mol. The molecular formula is C52H70IN5O2. The van der Waals surface area contributed by atoms with Gasteiger partial charge in [0.2, 0.25) is 0 Å². The van der Waals surface area contributed by atoms with Crippen molar-refractivity contribution in [2.75, 3.05) is 12.3 Å². The average Bonchev–Trinajstić information content (AvgIpc) is 3.27. The second kappa shape index (κ2) is 33.0. The Hall–Kier alpha value is -4.83. The van der Waals surface area contributed by atoms with Crippen molar-refractivity contribution < 1.29 is 9.84 Å². The zero-order chi connectivity index (χ0) is 42.2. The van der Waals surface area contributed by atoms with Gasteiger partial charge in [-0.1, -0.05) is 121 Å². The molecule has 7 nitrogen and oxygen atoms in total. The number of rotatable bonds is 23. The smallest absolute Gasteiger partial charge is 0.119 e. The minimum absolute atomic E-state index is 0. The summed E-state index contributed by atoms with van der Waals surface area (Å²) in [7, 11) is 0. The maximum atomic E-state index is 9.20. The zero-order valence-corrected chi connectivity index (χ0v) is 38.8. The molecule has 0 saturated carbocycles. The number of nitrogens with zero attached hydrogens (tertiary/aromatic N) is 4. The number of hydrogen-bond donors (Lipinski definition) is 2. The Kier molecular flexibility index (Phi) is 28.2.